The van der Waals surface area contributed by atoms with Crippen molar-refractivity contribution >= 4 is 5.91 Å². The molecule has 0 bridgehead atoms. The van der Waals surface area contributed by atoms with E-state index in [2.05, 4.69) is 10.3 Å². The molecule has 2 N–H and O–H groups in total. The largest absolute Gasteiger partial charge is 0.387 e. The first kappa shape index (κ1) is 14.2. The maximum atomic E-state index is 11.8. The van der Waals surface area contributed by atoms with Gasteiger partial charge in [0.2, 0.25) is 5.91 Å². The molecule has 0 fully saturated rings. The average molecular weight is 270 g/mol. The van der Waals surface area contributed by atoms with Gasteiger partial charge in [-0.25, -0.2) is 0 Å². The monoisotopic (exact) mass is 270 g/mol. The highest BCUT2D eigenvalue weighted by atomic mass is 16.3. The summed E-state index contributed by atoms with van der Waals surface area (Å²) in [4.78, 5) is 16.0. The van der Waals surface area contributed by atoms with Gasteiger partial charge in [0.15, 0.2) is 0 Å². The summed E-state index contributed by atoms with van der Waals surface area (Å²) < 4.78 is 0. The molecule has 0 saturated carbocycles. The zero-order valence-electron chi connectivity index (χ0n) is 11.4. The number of aliphatic hydroxyl groups excluding tert-OH is 1. The molecule has 1 unspecified atom stereocenters. The van der Waals surface area contributed by atoms with E-state index < -0.39 is 6.10 Å². The minimum absolute atomic E-state index is 0.137. The van der Waals surface area contributed by atoms with E-state index in [9.17, 15) is 9.90 Å². The Morgan fingerprint density at radius 1 is 1.25 bits per heavy atom. The molecule has 0 aliphatic carbocycles. The molecule has 0 aliphatic heterocycles. The molecule has 2 rings (SSSR count). The Morgan fingerprint density at radius 3 is 2.70 bits per heavy atom. The number of hydrogen-bond donors (Lipinski definition) is 2. The van der Waals surface area contributed by atoms with E-state index in [1.54, 1.807) is 6.20 Å². The van der Waals surface area contributed by atoms with Gasteiger partial charge in [0, 0.05) is 12.7 Å². The summed E-state index contributed by atoms with van der Waals surface area (Å²) in [5.41, 5.74) is 2.55. The van der Waals surface area contributed by atoms with Crippen LogP contribution in [-0.2, 0) is 11.2 Å². The summed E-state index contributed by atoms with van der Waals surface area (Å²) in [6.07, 6.45) is 1.22. The minimum atomic E-state index is -0.690. The van der Waals surface area contributed by atoms with Gasteiger partial charge in [-0.3, -0.25) is 9.78 Å². The molecule has 1 aromatic carbocycles. The minimum Gasteiger partial charge on any atom is -0.387 e. The van der Waals surface area contributed by atoms with Gasteiger partial charge in [0.25, 0.3) is 0 Å². The number of amides is 1. The number of hydrogen-bond acceptors (Lipinski definition) is 3. The predicted octanol–water partition coefficient (Wildman–Crippen LogP) is 1.78. The summed E-state index contributed by atoms with van der Waals surface area (Å²) in [5.74, 6) is -0.137. The number of rotatable bonds is 5. The van der Waals surface area contributed by atoms with Crippen molar-refractivity contribution in [3.05, 3.63) is 65.5 Å². The van der Waals surface area contributed by atoms with E-state index >= 15 is 0 Å². The Hall–Kier alpha value is -2.20. The van der Waals surface area contributed by atoms with Gasteiger partial charge in [-0.2, -0.15) is 0 Å². The van der Waals surface area contributed by atoms with Crippen molar-refractivity contribution in [2.24, 2.45) is 0 Å². The molecule has 4 heteroatoms. The van der Waals surface area contributed by atoms with E-state index in [0.29, 0.717) is 0 Å². The summed E-state index contributed by atoms with van der Waals surface area (Å²) in [6.45, 7) is 2.13. The maximum Gasteiger partial charge on any atom is 0.226 e. The van der Waals surface area contributed by atoms with Crippen molar-refractivity contribution in [2.75, 3.05) is 6.54 Å². The molecular formula is C16H18N2O2. The number of carbonyl (C=O) groups excluding carboxylic acids is 1. The molecule has 1 heterocycles. The Labute approximate surface area is 118 Å². The second-order valence-corrected chi connectivity index (χ2v) is 4.67. The van der Waals surface area contributed by atoms with Crippen molar-refractivity contribution in [3.8, 4) is 0 Å². The number of aryl methyl sites for hydroxylation is 1. The lowest BCUT2D eigenvalue weighted by molar-refractivity contribution is -0.121. The van der Waals surface area contributed by atoms with E-state index in [0.717, 1.165) is 16.8 Å². The second-order valence-electron chi connectivity index (χ2n) is 4.67. The fourth-order valence-electron chi connectivity index (χ4n) is 1.92. The number of carbonyl (C=O) groups is 1. The van der Waals surface area contributed by atoms with Crippen molar-refractivity contribution < 1.29 is 9.90 Å². The van der Waals surface area contributed by atoms with Crippen molar-refractivity contribution in [2.45, 2.75) is 19.4 Å². The first-order valence-electron chi connectivity index (χ1n) is 6.57. The van der Waals surface area contributed by atoms with Gasteiger partial charge in [0.05, 0.1) is 18.2 Å². The first-order chi connectivity index (χ1) is 9.66. The highest BCUT2D eigenvalue weighted by Crippen LogP contribution is 2.10. The number of aromatic nitrogens is 1. The van der Waals surface area contributed by atoms with E-state index in [1.165, 1.54) is 0 Å². The molecule has 4 nitrogen and oxygen atoms in total. The van der Waals surface area contributed by atoms with E-state index in [1.807, 2.05) is 49.4 Å². The Balaban J connectivity index is 1.85. The van der Waals surface area contributed by atoms with Crippen LogP contribution >= 0.6 is 0 Å². The molecule has 0 aliphatic rings. The number of benzene rings is 1. The Morgan fingerprint density at radius 2 is 2.00 bits per heavy atom. The highest BCUT2D eigenvalue weighted by molar-refractivity contribution is 5.78. The third kappa shape index (κ3) is 3.90. The van der Waals surface area contributed by atoms with Gasteiger partial charge >= 0.3 is 0 Å². The van der Waals surface area contributed by atoms with Gasteiger partial charge in [-0.1, -0.05) is 36.4 Å². The van der Waals surface area contributed by atoms with Crippen LogP contribution in [0.3, 0.4) is 0 Å². The SMILES string of the molecule is Cc1cccnc1CC(=O)NCC(O)c1ccccc1. The van der Waals surface area contributed by atoms with Crippen LogP contribution in [0.1, 0.15) is 22.9 Å². The third-order valence-corrected chi connectivity index (χ3v) is 3.12. The molecule has 1 atom stereocenters. The zero-order valence-corrected chi connectivity index (χ0v) is 11.4. The molecule has 2 aromatic rings. The quantitative estimate of drug-likeness (QED) is 0.870. The second kappa shape index (κ2) is 6.82. The zero-order chi connectivity index (χ0) is 14.4. The smallest absolute Gasteiger partial charge is 0.226 e. The van der Waals surface area contributed by atoms with Gasteiger partial charge in [0.1, 0.15) is 0 Å². The fraction of sp³-hybridized carbons (Fsp3) is 0.250. The molecule has 1 aromatic heterocycles. The van der Waals surface area contributed by atoms with Gasteiger partial charge < -0.3 is 10.4 Å². The van der Waals surface area contributed by atoms with E-state index in [-0.39, 0.29) is 18.9 Å². The average Bonchev–Trinajstić information content (AvgIpc) is 2.48. The molecular weight excluding hydrogens is 252 g/mol. The van der Waals surface area contributed by atoms with Crippen molar-refractivity contribution in [1.82, 2.24) is 10.3 Å². The van der Waals surface area contributed by atoms with Crippen LogP contribution in [0.15, 0.2) is 48.7 Å². The number of pyridine rings is 1. The first-order valence-corrected chi connectivity index (χ1v) is 6.57. The summed E-state index contributed by atoms with van der Waals surface area (Å²) in [7, 11) is 0. The van der Waals surface area contributed by atoms with Crippen molar-refractivity contribution in [3.63, 3.8) is 0 Å². The van der Waals surface area contributed by atoms with Crippen LogP contribution in [0.2, 0.25) is 0 Å². The lowest BCUT2D eigenvalue weighted by Gasteiger charge is -2.12. The van der Waals surface area contributed by atoms with Gasteiger partial charge in [-0.05, 0) is 24.1 Å². The van der Waals surface area contributed by atoms with Gasteiger partial charge in [-0.15, -0.1) is 0 Å². The normalized spacial score (nSPS) is 11.9. The summed E-state index contributed by atoms with van der Waals surface area (Å²) in [6, 6.07) is 13.0. The molecule has 0 spiro atoms. The highest BCUT2D eigenvalue weighted by Gasteiger charge is 2.10. The molecule has 104 valence electrons. The molecule has 0 saturated heterocycles. The van der Waals surface area contributed by atoms with Crippen LogP contribution in [0.5, 0.6) is 0 Å². The molecule has 20 heavy (non-hydrogen) atoms. The number of nitrogens with zero attached hydrogens (tertiary/aromatic N) is 1. The number of nitrogens with one attached hydrogen (secondary N) is 1. The fourth-order valence-corrected chi connectivity index (χ4v) is 1.92. The standard InChI is InChI=1S/C16H18N2O2/c1-12-6-5-9-17-14(12)10-16(20)18-11-15(19)13-7-3-2-4-8-13/h2-9,15,19H,10-11H2,1H3,(H,18,20). The maximum absolute atomic E-state index is 11.8. The van der Waals surface area contributed by atoms with Crippen LogP contribution < -0.4 is 5.32 Å². The predicted molar refractivity (Wildman–Crippen MR) is 77.1 cm³/mol. The van der Waals surface area contributed by atoms with Crippen molar-refractivity contribution in [1.29, 1.82) is 0 Å². The molecule has 0 radical (unpaired) electrons. The van der Waals surface area contributed by atoms with Crippen LogP contribution in [0.4, 0.5) is 0 Å². The topological polar surface area (TPSA) is 62.2 Å². The Bertz CT molecular complexity index is 570. The lowest BCUT2D eigenvalue weighted by Crippen LogP contribution is -2.30. The Kier molecular flexibility index (Phi) is 4.85. The van der Waals surface area contributed by atoms with E-state index in [4.69, 9.17) is 0 Å². The lowest BCUT2D eigenvalue weighted by atomic mass is 10.1. The van der Waals surface area contributed by atoms with Crippen LogP contribution in [0, 0.1) is 6.92 Å². The summed E-state index contributed by atoms with van der Waals surface area (Å²) >= 11 is 0. The van der Waals surface area contributed by atoms with Crippen LogP contribution in [-0.4, -0.2) is 22.5 Å². The molecule has 1 amide bonds. The number of aliphatic hydroxyl groups is 1. The van der Waals surface area contributed by atoms with Crippen LogP contribution in [0.25, 0.3) is 0 Å². The third-order valence-electron chi connectivity index (χ3n) is 3.12. The summed E-state index contributed by atoms with van der Waals surface area (Å²) in [5, 5.41) is 12.7.